The molecule has 4 rings (SSSR count). The molecule has 11 heteroatoms. The second-order valence-corrected chi connectivity index (χ2v) is 13.7. The molecule has 0 aromatic heterocycles. The Balaban J connectivity index is 1.81. The van der Waals surface area contributed by atoms with Crippen LogP contribution in [0.5, 0.6) is 0 Å². The molecule has 0 heterocycles. The van der Waals surface area contributed by atoms with Crippen molar-refractivity contribution in [2.45, 2.75) is 44.2 Å². The monoisotopic (exact) mass is 685 g/mol. The maximum absolute atomic E-state index is 14.4. The molecule has 0 aliphatic carbocycles. The summed E-state index contributed by atoms with van der Waals surface area (Å²) in [5, 5.41) is 3.81. The van der Waals surface area contributed by atoms with Gasteiger partial charge in [-0.05, 0) is 66.9 Å². The summed E-state index contributed by atoms with van der Waals surface area (Å²) >= 11 is 18.6. The van der Waals surface area contributed by atoms with Gasteiger partial charge in [-0.25, -0.2) is 8.42 Å². The molecular formula is C34H34Cl3N3O4S. The van der Waals surface area contributed by atoms with E-state index < -0.39 is 28.5 Å². The zero-order chi connectivity index (χ0) is 32.6. The summed E-state index contributed by atoms with van der Waals surface area (Å²) in [6, 6.07) is 26.1. The second-order valence-electron chi connectivity index (χ2n) is 10.6. The van der Waals surface area contributed by atoms with Gasteiger partial charge in [0.05, 0.1) is 20.6 Å². The van der Waals surface area contributed by atoms with E-state index in [9.17, 15) is 18.0 Å². The van der Waals surface area contributed by atoms with Gasteiger partial charge in [0.2, 0.25) is 11.8 Å². The van der Waals surface area contributed by atoms with Gasteiger partial charge in [-0.2, -0.15) is 0 Å². The highest BCUT2D eigenvalue weighted by Crippen LogP contribution is 2.31. The standard InChI is InChI=1S/C34H34Cl3N3O4S/c1-3-19-38-34(42)32(20-25-7-5-4-6-8-25)39(22-26-11-13-27(35)14-12-26)33(41)23-40(28-15-18-30(36)31(37)21-28)45(43,44)29-16-9-24(2)10-17-29/h4-18,21,32H,3,19-20,22-23H2,1-2H3,(H,38,42)/t32-/m0/s1. The lowest BCUT2D eigenvalue weighted by Gasteiger charge is -2.34. The molecule has 2 amide bonds. The van der Waals surface area contributed by atoms with Crippen molar-refractivity contribution in [3.63, 3.8) is 0 Å². The molecule has 0 unspecified atom stereocenters. The third-order valence-corrected chi connectivity index (χ3v) is 9.94. The van der Waals surface area contributed by atoms with Crippen molar-refractivity contribution in [1.82, 2.24) is 10.2 Å². The number of nitrogens with one attached hydrogen (secondary N) is 1. The third kappa shape index (κ3) is 9.01. The number of amides is 2. The first kappa shape index (κ1) is 34.3. The molecule has 0 aliphatic heterocycles. The molecule has 0 bridgehead atoms. The SMILES string of the molecule is CCCNC(=O)[C@H](Cc1ccccc1)N(Cc1ccc(Cl)cc1)C(=O)CN(c1ccc(Cl)c(Cl)c1)S(=O)(=O)c1ccc(C)cc1. The van der Waals surface area contributed by atoms with Crippen LogP contribution >= 0.6 is 34.8 Å². The smallest absolute Gasteiger partial charge is 0.264 e. The van der Waals surface area contributed by atoms with Gasteiger partial charge in [-0.1, -0.05) is 102 Å². The Morgan fingerprint density at radius 1 is 0.822 bits per heavy atom. The zero-order valence-electron chi connectivity index (χ0n) is 24.9. The van der Waals surface area contributed by atoms with Crippen molar-refractivity contribution in [2.24, 2.45) is 0 Å². The van der Waals surface area contributed by atoms with Crippen LogP contribution in [0.1, 0.15) is 30.0 Å². The number of carbonyl (C=O) groups is 2. The molecule has 0 saturated carbocycles. The van der Waals surface area contributed by atoms with Gasteiger partial charge in [0, 0.05) is 24.5 Å². The van der Waals surface area contributed by atoms with E-state index in [-0.39, 0.29) is 39.5 Å². The fourth-order valence-corrected chi connectivity index (χ4v) is 6.54. The highest BCUT2D eigenvalue weighted by Gasteiger charge is 2.34. The molecule has 0 aliphatic rings. The Kier molecular flexibility index (Phi) is 11.9. The van der Waals surface area contributed by atoms with Gasteiger partial charge in [-0.3, -0.25) is 13.9 Å². The number of benzene rings is 4. The van der Waals surface area contributed by atoms with E-state index in [2.05, 4.69) is 5.32 Å². The van der Waals surface area contributed by atoms with Crippen LogP contribution in [-0.4, -0.2) is 44.3 Å². The summed E-state index contributed by atoms with van der Waals surface area (Å²) in [4.78, 5) is 29.6. The quantitative estimate of drug-likeness (QED) is 0.160. The van der Waals surface area contributed by atoms with E-state index in [0.717, 1.165) is 21.0 Å². The molecule has 1 N–H and O–H groups in total. The number of sulfonamides is 1. The first-order chi connectivity index (χ1) is 21.5. The number of aryl methyl sites for hydroxylation is 1. The Morgan fingerprint density at radius 3 is 2.11 bits per heavy atom. The zero-order valence-corrected chi connectivity index (χ0v) is 28.0. The Morgan fingerprint density at radius 2 is 1.49 bits per heavy atom. The fourth-order valence-electron chi connectivity index (χ4n) is 4.71. The predicted octanol–water partition coefficient (Wildman–Crippen LogP) is 7.32. The minimum atomic E-state index is -4.26. The summed E-state index contributed by atoms with van der Waals surface area (Å²) in [6.07, 6.45) is 0.919. The molecular weight excluding hydrogens is 653 g/mol. The minimum absolute atomic E-state index is 0.00209. The molecule has 0 saturated heterocycles. The Bertz CT molecular complexity index is 1720. The van der Waals surface area contributed by atoms with Crippen molar-refractivity contribution >= 4 is 62.3 Å². The van der Waals surface area contributed by atoms with Crippen LogP contribution < -0.4 is 9.62 Å². The number of anilines is 1. The first-order valence-corrected chi connectivity index (χ1v) is 17.0. The van der Waals surface area contributed by atoms with E-state index in [1.165, 1.54) is 35.2 Å². The summed E-state index contributed by atoms with van der Waals surface area (Å²) < 4.78 is 29.2. The number of carbonyl (C=O) groups excluding carboxylic acids is 2. The van der Waals surface area contributed by atoms with Crippen LogP contribution in [0.2, 0.25) is 15.1 Å². The van der Waals surface area contributed by atoms with Gasteiger partial charge < -0.3 is 10.2 Å². The van der Waals surface area contributed by atoms with Crippen molar-refractivity contribution < 1.29 is 18.0 Å². The van der Waals surface area contributed by atoms with Crippen molar-refractivity contribution in [2.75, 3.05) is 17.4 Å². The summed E-state index contributed by atoms with van der Waals surface area (Å²) in [5.41, 5.74) is 2.59. The van der Waals surface area contributed by atoms with E-state index in [1.807, 2.05) is 44.2 Å². The molecule has 0 spiro atoms. The number of hydrogen-bond acceptors (Lipinski definition) is 4. The van der Waals surface area contributed by atoms with E-state index >= 15 is 0 Å². The molecule has 4 aromatic carbocycles. The van der Waals surface area contributed by atoms with Gasteiger partial charge in [0.15, 0.2) is 0 Å². The van der Waals surface area contributed by atoms with Gasteiger partial charge >= 0.3 is 0 Å². The van der Waals surface area contributed by atoms with E-state index in [0.29, 0.717) is 18.0 Å². The first-order valence-electron chi connectivity index (χ1n) is 14.4. The van der Waals surface area contributed by atoms with Crippen molar-refractivity contribution in [1.29, 1.82) is 0 Å². The average molecular weight is 687 g/mol. The minimum Gasteiger partial charge on any atom is -0.354 e. The summed E-state index contributed by atoms with van der Waals surface area (Å²) in [5.74, 6) is -0.926. The maximum Gasteiger partial charge on any atom is 0.264 e. The second kappa shape index (κ2) is 15.6. The van der Waals surface area contributed by atoms with Crippen LogP contribution in [0, 0.1) is 6.92 Å². The third-order valence-electron chi connectivity index (χ3n) is 7.17. The Labute approximate surface area is 279 Å². The molecule has 7 nitrogen and oxygen atoms in total. The molecule has 4 aromatic rings. The van der Waals surface area contributed by atoms with Crippen molar-refractivity contribution in [3.05, 3.63) is 129 Å². The number of rotatable bonds is 13. The van der Waals surface area contributed by atoms with Gasteiger partial charge in [0.1, 0.15) is 12.6 Å². The highest BCUT2D eigenvalue weighted by atomic mass is 35.5. The molecule has 45 heavy (non-hydrogen) atoms. The maximum atomic E-state index is 14.4. The number of halogens is 3. The largest absolute Gasteiger partial charge is 0.354 e. The molecule has 236 valence electrons. The van der Waals surface area contributed by atoms with Gasteiger partial charge in [-0.15, -0.1) is 0 Å². The van der Waals surface area contributed by atoms with Crippen molar-refractivity contribution in [3.8, 4) is 0 Å². The number of nitrogens with zero attached hydrogens (tertiary/aromatic N) is 2. The molecule has 1 atom stereocenters. The molecule has 0 radical (unpaired) electrons. The summed E-state index contributed by atoms with van der Waals surface area (Å²) in [7, 11) is -4.26. The van der Waals surface area contributed by atoms with Crippen LogP contribution in [-0.2, 0) is 32.6 Å². The molecule has 0 fully saturated rings. The van der Waals surface area contributed by atoms with Gasteiger partial charge in [0.25, 0.3) is 10.0 Å². The highest BCUT2D eigenvalue weighted by molar-refractivity contribution is 7.92. The van der Waals surface area contributed by atoms with Crippen LogP contribution in [0.15, 0.2) is 102 Å². The van der Waals surface area contributed by atoms with Crippen LogP contribution in [0.4, 0.5) is 5.69 Å². The van der Waals surface area contributed by atoms with E-state index in [4.69, 9.17) is 34.8 Å². The van der Waals surface area contributed by atoms with E-state index in [1.54, 1.807) is 36.4 Å². The van der Waals surface area contributed by atoms with Crippen LogP contribution in [0.25, 0.3) is 0 Å². The fraction of sp³-hybridized carbons (Fsp3) is 0.235. The Hall–Kier alpha value is -3.56. The summed E-state index contributed by atoms with van der Waals surface area (Å²) in [6.45, 7) is 3.64. The lowest BCUT2D eigenvalue weighted by molar-refractivity contribution is -0.140. The lowest BCUT2D eigenvalue weighted by Crippen LogP contribution is -2.53. The average Bonchev–Trinajstić information content (AvgIpc) is 3.03. The topological polar surface area (TPSA) is 86.8 Å². The normalized spacial score (nSPS) is 11.9. The lowest BCUT2D eigenvalue weighted by atomic mass is 10.0. The number of hydrogen-bond donors (Lipinski definition) is 1. The predicted molar refractivity (Wildman–Crippen MR) is 181 cm³/mol. The van der Waals surface area contributed by atoms with Crippen LogP contribution in [0.3, 0.4) is 0 Å².